The quantitative estimate of drug-likeness (QED) is 0.763. The maximum atomic E-state index is 11.5. The molecule has 0 aromatic carbocycles. The highest BCUT2D eigenvalue weighted by atomic mass is 32.2. The lowest BCUT2D eigenvalue weighted by atomic mass is 10.1. The van der Waals surface area contributed by atoms with Gasteiger partial charge in [0.15, 0.2) is 0 Å². The van der Waals surface area contributed by atoms with Crippen LogP contribution < -0.4 is 5.32 Å². The molecule has 0 radical (unpaired) electrons. The van der Waals surface area contributed by atoms with E-state index in [0.29, 0.717) is 4.99 Å². The lowest BCUT2D eigenvalue weighted by Crippen LogP contribution is -2.33. The Morgan fingerprint density at radius 1 is 1.11 bits per heavy atom. The van der Waals surface area contributed by atoms with Crippen LogP contribution in [0.1, 0.15) is 57.8 Å². The van der Waals surface area contributed by atoms with E-state index in [9.17, 15) is 9.90 Å². The second kappa shape index (κ2) is 7.85. The minimum atomic E-state index is -0.742. The average molecular weight is 283 g/mol. The first-order chi connectivity index (χ1) is 9.29. The van der Waals surface area contributed by atoms with E-state index < -0.39 is 5.97 Å². The van der Waals surface area contributed by atoms with Gasteiger partial charge in [-0.3, -0.25) is 5.32 Å². The van der Waals surface area contributed by atoms with E-state index in [2.05, 4.69) is 11.4 Å². The Balaban J connectivity index is 2.27. The van der Waals surface area contributed by atoms with Gasteiger partial charge in [0.2, 0.25) is 0 Å². The third-order valence-corrected chi connectivity index (χ3v) is 6.33. The molecule has 19 heavy (non-hydrogen) atoms. The molecular weight excluding hydrogens is 258 g/mol. The van der Waals surface area contributed by atoms with Crippen LogP contribution in [0.15, 0.2) is 11.0 Å². The Labute approximate surface area is 118 Å². The van der Waals surface area contributed by atoms with Crippen molar-refractivity contribution >= 4 is 21.4 Å². The number of nitrogens with one attached hydrogen (secondary N) is 1. The van der Waals surface area contributed by atoms with Crippen molar-refractivity contribution in [3.05, 3.63) is 11.0 Å². The van der Waals surface area contributed by atoms with E-state index in [4.69, 9.17) is 0 Å². The minimum absolute atomic E-state index is 0.179. The maximum Gasteiger partial charge on any atom is 0.352 e. The third kappa shape index (κ3) is 4.46. The smallest absolute Gasteiger partial charge is 0.352 e. The van der Waals surface area contributed by atoms with Gasteiger partial charge in [-0.1, -0.05) is 25.3 Å². The molecule has 0 aromatic heterocycles. The molecule has 0 fully saturated rings. The molecule has 0 saturated carbocycles. The molecule has 0 spiro atoms. The van der Waals surface area contributed by atoms with E-state index >= 15 is 0 Å². The van der Waals surface area contributed by atoms with Crippen LogP contribution in [0.3, 0.4) is 0 Å². The summed E-state index contributed by atoms with van der Waals surface area (Å²) in [5.41, 5.74) is 0. The molecule has 2 N–H and O–H groups in total. The van der Waals surface area contributed by atoms with Crippen LogP contribution >= 0.6 is 10.5 Å². The summed E-state index contributed by atoms with van der Waals surface area (Å²) < 4.78 is 0. The standard InChI is InChI=1S/C15H25NO2S/c17-15(18)14-16-11-7-4-8-12-19(14)13-9-5-2-1-3-6-10-13/h9,16H,1-8,10-12H2,(H,17,18). The van der Waals surface area contributed by atoms with Crippen LogP contribution in [0.4, 0.5) is 0 Å². The highest BCUT2D eigenvalue weighted by molar-refractivity contribution is 8.20. The molecular formula is C15H25NO2S. The summed E-state index contributed by atoms with van der Waals surface area (Å²) in [4.78, 5) is 13.5. The number of hydrogen-bond donors (Lipinski definition) is 2. The van der Waals surface area contributed by atoms with E-state index in [-0.39, 0.29) is 10.5 Å². The second-order valence-corrected chi connectivity index (χ2v) is 7.46. The monoisotopic (exact) mass is 283 g/mol. The highest BCUT2D eigenvalue weighted by Gasteiger charge is 2.18. The number of aliphatic carboxylic acids is 1. The SMILES string of the molecule is O=C(O)C1=S(C2=CCCCCCC2)CCCCCN1. The fourth-order valence-corrected chi connectivity index (χ4v) is 5.19. The van der Waals surface area contributed by atoms with Crippen LogP contribution in [0.5, 0.6) is 0 Å². The fourth-order valence-electron chi connectivity index (χ4n) is 2.77. The van der Waals surface area contributed by atoms with Crippen molar-refractivity contribution in [2.45, 2.75) is 57.8 Å². The molecule has 2 aliphatic rings. The summed E-state index contributed by atoms with van der Waals surface area (Å²) in [6.07, 6.45) is 13.2. The Bertz CT molecular complexity index is 388. The molecule has 0 aromatic rings. The van der Waals surface area contributed by atoms with Gasteiger partial charge >= 0.3 is 5.97 Å². The number of carboxylic acid groups (broad SMARTS) is 1. The van der Waals surface area contributed by atoms with Crippen molar-refractivity contribution in [1.29, 1.82) is 0 Å². The maximum absolute atomic E-state index is 11.5. The molecule has 108 valence electrons. The van der Waals surface area contributed by atoms with Crippen molar-refractivity contribution in [3.63, 3.8) is 0 Å². The zero-order valence-electron chi connectivity index (χ0n) is 11.6. The Kier molecular flexibility index (Phi) is 6.11. The van der Waals surface area contributed by atoms with Gasteiger partial charge < -0.3 is 5.11 Å². The molecule has 0 amide bonds. The minimum Gasteiger partial charge on any atom is -0.477 e. The second-order valence-electron chi connectivity index (χ2n) is 5.34. The lowest BCUT2D eigenvalue weighted by Gasteiger charge is -2.22. The van der Waals surface area contributed by atoms with E-state index in [1.54, 1.807) is 0 Å². The first-order valence-corrected chi connectivity index (χ1v) is 8.92. The summed E-state index contributed by atoms with van der Waals surface area (Å²) in [6.45, 7) is 0.818. The predicted molar refractivity (Wildman–Crippen MR) is 82.7 cm³/mol. The molecule has 0 bridgehead atoms. The predicted octanol–water partition coefficient (Wildman–Crippen LogP) is 3.48. The van der Waals surface area contributed by atoms with E-state index in [0.717, 1.165) is 31.6 Å². The molecule has 3 nitrogen and oxygen atoms in total. The number of rotatable bonds is 2. The van der Waals surface area contributed by atoms with Gasteiger partial charge in [0.25, 0.3) is 0 Å². The van der Waals surface area contributed by atoms with Crippen LogP contribution in [0.25, 0.3) is 0 Å². The van der Waals surface area contributed by atoms with Gasteiger partial charge in [-0.05, 0) is 49.2 Å². The van der Waals surface area contributed by atoms with Crippen molar-refractivity contribution < 1.29 is 9.90 Å². The largest absolute Gasteiger partial charge is 0.477 e. The van der Waals surface area contributed by atoms with Gasteiger partial charge in [-0.15, -0.1) is 10.5 Å². The van der Waals surface area contributed by atoms with Gasteiger partial charge in [-0.2, -0.15) is 0 Å². The zero-order chi connectivity index (χ0) is 13.5. The molecule has 1 aliphatic heterocycles. The van der Waals surface area contributed by atoms with Crippen LogP contribution in [0, 0.1) is 0 Å². The average Bonchev–Trinajstić information content (AvgIpc) is 2.29. The molecule has 1 unspecified atom stereocenters. The molecule has 1 heterocycles. The first-order valence-electron chi connectivity index (χ1n) is 7.53. The summed E-state index contributed by atoms with van der Waals surface area (Å²) >= 11 is 0. The summed E-state index contributed by atoms with van der Waals surface area (Å²) in [7, 11) is -0.179. The molecule has 4 heteroatoms. The van der Waals surface area contributed by atoms with Gasteiger partial charge in [0.1, 0.15) is 4.99 Å². The normalized spacial score (nSPS) is 26.6. The summed E-state index contributed by atoms with van der Waals surface area (Å²) in [5, 5.41) is 12.7. The highest BCUT2D eigenvalue weighted by Crippen LogP contribution is 2.35. The van der Waals surface area contributed by atoms with Crippen LogP contribution in [-0.2, 0) is 4.79 Å². The summed E-state index contributed by atoms with van der Waals surface area (Å²) in [6, 6.07) is 0. The molecule has 0 saturated heterocycles. The summed E-state index contributed by atoms with van der Waals surface area (Å²) in [5.74, 6) is 0.286. The van der Waals surface area contributed by atoms with Gasteiger partial charge in [-0.25, -0.2) is 4.79 Å². The van der Waals surface area contributed by atoms with E-state index in [1.165, 1.54) is 43.4 Å². The van der Waals surface area contributed by atoms with E-state index in [1.807, 2.05) is 0 Å². The molecule has 2 rings (SSSR count). The number of hydrogen-bond acceptors (Lipinski definition) is 2. The number of allylic oxidation sites excluding steroid dienone is 2. The Morgan fingerprint density at radius 3 is 2.74 bits per heavy atom. The van der Waals surface area contributed by atoms with Crippen LogP contribution in [0.2, 0.25) is 0 Å². The Morgan fingerprint density at radius 2 is 1.89 bits per heavy atom. The van der Waals surface area contributed by atoms with Crippen molar-refractivity contribution in [2.75, 3.05) is 12.3 Å². The topological polar surface area (TPSA) is 49.3 Å². The molecule has 1 atom stereocenters. The number of carboxylic acids is 1. The first kappa shape index (κ1) is 14.8. The van der Waals surface area contributed by atoms with Crippen molar-refractivity contribution in [3.8, 4) is 0 Å². The van der Waals surface area contributed by atoms with Crippen LogP contribution in [-0.4, -0.2) is 28.4 Å². The third-order valence-electron chi connectivity index (χ3n) is 3.82. The number of carbonyl (C=O) groups is 1. The fraction of sp³-hybridized carbons (Fsp3) is 0.733. The van der Waals surface area contributed by atoms with Gasteiger partial charge in [0.05, 0.1) is 0 Å². The lowest BCUT2D eigenvalue weighted by molar-refractivity contribution is -0.129. The van der Waals surface area contributed by atoms with Crippen molar-refractivity contribution in [2.24, 2.45) is 0 Å². The van der Waals surface area contributed by atoms with Gasteiger partial charge in [0, 0.05) is 6.54 Å². The molecule has 1 aliphatic carbocycles. The zero-order valence-corrected chi connectivity index (χ0v) is 12.4. The Hall–Kier alpha value is -0.610. The van der Waals surface area contributed by atoms with Crippen molar-refractivity contribution in [1.82, 2.24) is 5.32 Å².